The number of aryl methyl sites for hydroxylation is 1. The molecule has 0 radical (unpaired) electrons. The Labute approximate surface area is 169 Å². The summed E-state index contributed by atoms with van der Waals surface area (Å²) < 4.78 is 13.3. The summed E-state index contributed by atoms with van der Waals surface area (Å²) in [5.74, 6) is -0.842. The Hall–Kier alpha value is -2.74. The summed E-state index contributed by atoms with van der Waals surface area (Å²) in [7, 11) is 2.04. The van der Waals surface area contributed by atoms with Crippen molar-refractivity contribution in [2.24, 2.45) is 0 Å². The fraction of sp³-hybridized carbons (Fsp3) is 0.476. The van der Waals surface area contributed by atoms with Crippen LogP contribution in [0.25, 0.3) is 0 Å². The predicted octanol–water partition coefficient (Wildman–Crippen LogP) is 1.97. The molecular formula is C21H26FN5O2. The molecule has 29 heavy (non-hydrogen) atoms. The van der Waals surface area contributed by atoms with Gasteiger partial charge in [-0.25, -0.2) is 4.39 Å². The monoisotopic (exact) mass is 399 g/mol. The molecule has 8 heteroatoms. The lowest BCUT2D eigenvalue weighted by Crippen LogP contribution is -2.64. The smallest absolute Gasteiger partial charge is 0.270 e. The van der Waals surface area contributed by atoms with E-state index in [2.05, 4.69) is 20.2 Å². The number of amides is 2. The number of carbonyl (C=O) groups is 2. The van der Waals surface area contributed by atoms with Gasteiger partial charge in [-0.2, -0.15) is 0 Å². The van der Waals surface area contributed by atoms with Gasteiger partial charge in [0, 0.05) is 38.1 Å². The molecule has 2 aliphatic rings. The summed E-state index contributed by atoms with van der Waals surface area (Å²) in [6.07, 6.45) is 5.34. The van der Waals surface area contributed by atoms with Crippen molar-refractivity contribution >= 4 is 11.8 Å². The Morgan fingerprint density at radius 2 is 2.21 bits per heavy atom. The Bertz CT molecular complexity index is 929. The molecule has 2 amide bonds. The largest absolute Gasteiger partial charge is 0.355 e. The third-order valence-electron chi connectivity index (χ3n) is 6.36. The lowest BCUT2D eigenvalue weighted by atomic mass is 9.82. The highest BCUT2D eigenvalue weighted by Crippen LogP contribution is 2.37. The number of nitrogens with one attached hydrogen (secondary N) is 2. The number of hydrogen-bond donors (Lipinski definition) is 2. The van der Waals surface area contributed by atoms with E-state index < -0.39 is 5.82 Å². The fourth-order valence-corrected chi connectivity index (χ4v) is 4.73. The Kier molecular flexibility index (Phi) is 5.12. The molecule has 0 aromatic carbocycles. The average molecular weight is 399 g/mol. The zero-order chi connectivity index (χ0) is 20.6. The molecule has 4 rings (SSSR count). The van der Waals surface area contributed by atoms with Crippen LogP contribution >= 0.6 is 0 Å². The van der Waals surface area contributed by atoms with Crippen molar-refractivity contribution in [3.05, 3.63) is 53.4 Å². The van der Waals surface area contributed by atoms with Gasteiger partial charge in [-0.05, 0) is 44.9 Å². The number of carbonyl (C=O) groups excluding carboxylic acids is 2. The van der Waals surface area contributed by atoms with Crippen LogP contribution in [0.1, 0.15) is 45.8 Å². The lowest BCUT2D eigenvalue weighted by molar-refractivity contribution is 0.0312. The third-order valence-corrected chi connectivity index (χ3v) is 6.36. The number of rotatable bonds is 3. The van der Waals surface area contributed by atoms with E-state index in [-0.39, 0.29) is 29.1 Å². The predicted molar refractivity (Wildman–Crippen MR) is 106 cm³/mol. The number of halogens is 1. The van der Waals surface area contributed by atoms with E-state index in [4.69, 9.17) is 0 Å². The zero-order valence-electron chi connectivity index (χ0n) is 16.7. The number of aromatic amines is 1. The fourth-order valence-electron chi connectivity index (χ4n) is 4.73. The summed E-state index contributed by atoms with van der Waals surface area (Å²) in [5, 5.41) is 3.18. The van der Waals surface area contributed by atoms with Gasteiger partial charge in [0.2, 0.25) is 0 Å². The normalized spacial score (nSPS) is 24.8. The van der Waals surface area contributed by atoms with E-state index in [1.165, 1.54) is 12.3 Å². The minimum Gasteiger partial charge on any atom is -0.355 e. The van der Waals surface area contributed by atoms with Crippen LogP contribution in [-0.4, -0.2) is 69.8 Å². The molecule has 0 saturated carbocycles. The van der Waals surface area contributed by atoms with Gasteiger partial charge < -0.3 is 15.2 Å². The molecule has 2 atom stereocenters. The summed E-state index contributed by atoms with van der Waals surface area (Å²) in [6, 6.07) is 4.82. The van der Waals surface area contributed by atoms with E-state index in [0.29, 0.717) is 18.8 Å². The topological polar surface area (TPSA) is 81.3 Å². The first-order valence-electron chi connectivity index (χ1n) is 9.97. The van der Waals surface area contributed by atoms with Crippen LogP contribution in [0.5, 0.6) is 0 Å². The highest BCUT2D eigenvalue weighted by atomic mass is 19.1. The van der Waals surface area contributed by atoms with Crippen molar-refractivity contribution in [2.75, 3.05) is 26.7 Å². The summed E-state index contributed by atoms with van der Waals surface area (Å²) in [4.78, 5) is 36.7. The minimum absolute atomic E-state index is 0.0858. The molecule has 2 N–H and O–H groups in total. The van der Waals surface area contributed by atoms with Gasteiger partial charge in [0.15, 0.2) is 0 Å². The van der Waals surface area contributed by atoms with Gasteiger partial charge in [0.25, 0.3) is 11.8 Å². The lowest BCUT2D eigenvalue weighted by Gasteiger charge is -2.47. The molecule has 0 aliphatic carbocycles. The van der Waals surface area contributed by atoms with Crippen molar-refractivity contribution in [3.8, 4) is 0 Å². The molecule has 2 saturated heterocycles. The number of hydrogen-bond acceptors (Lipinski definition) is 4. The van der Waals surface area contributed by atoms with Crippen LogP contribution in [-0.2, 0) is 0 Å². The van der Waals surface area contributed by atoms with E-state index >= 15 is 0 Å². The maximum Gasteiger partial charge on any atom is 0.270 e. The first kappa shape index (κ1) is 19.6. The highest BCUT2D eigenvalue weighted by Gasteiger charge is 2.50. The quantitative estimate of drug-likeness (QED) is 0.827. The number of likely N-dealkylation sites (tertiary alicyclic amines) is 2. The van der Waals surface area contributed by atoms with Crippen LogP contribution in [0.2, 0.25) is 0 Å². The molecule has 7 nitrogen and oxygen atoms in total. The first-order valence-corrected chi connectivity index (χ1v) is 9.97. The second-order valence-corrected chi connectivity index (χ2v) is 8.07. The van der Waals surface area contributed by atoms with Crippen molar-refractivity contribution < 1.29 is 14.0 Å². The molecule has 0 bridgehead atoms. The maximum absolute atomic E-state index is 13.3. The average Bonchev–Trinajstić information content (AvgIpc) is 3.27. The van der Waals surface area contributed by atoms with Gasteiger partial charge in [-0.3, -0.25) is 19.5 Å². The molecule has 2 unspecified atom stereocenters. The summed E-state index contributed by atoms with van der Waals surface area (Å²) in [6.45, 7) is 3.82. The molecule has 2 aromatic rings. The number of pyridine rings is 1. The molecule has 2 aromatic heterocycles. The Morgan fingerprint density at radius 3 is 2.93 bits per heavy atom. The molecule has 4 heterocycles. The number of piperidine rings is 1. The minimum atomic E-state index is -0.450. The third kappa shape index (κ3) is 3.53. The van der Waals surface area contributed by atoms with Crippen LogP contribution in [0.4, 0.5) is 4.39 Å². The van der Waals surface area contributed by atoms with Gasteiger partial charge in [0.05, 0.1) is 11.6 Å². The number of H-pyrrole nitrogens is 1. The molecule has 1 spiro atoms. The van der Waals surface area contributed by atoms with Crippen LogP contribution in [0, 0.1) is 12.7 Å². The SMILES string of the molecule is Cc1cccnc1C(=O)NC1CCN(C)C12CCCN(C(=O)c1cc(F)c[nH]1)C2. The van der Waals surface area contributed by atoms with Gasteiger partial charge in [-0.15, -0.1) is 0 Å². The number of nitrogens with zero attached hydrogens (tertiary/aromatic N) is 3. The van der Waals surface area contributed by atoms with E-state index in [1.807, 2.05) is 26.1 Å². The van der Waals surface area contributed by atoms with E-state index in [0.717, 1.165) is 31.4 Å². The van der Waals surface area contributed by atoms with Gasteiger partial charge in [0.1, 0.15) is 17.2 Å². The second-order valence-electron chi connectivity index (χ2n) is 8.07. The Balaban J connectivity index is 1.54. The van der Waals surface area contributed by atoms with E-state index in [9.17, 15) is 14.0 Å². The zero-order valence-corrected chi connectivity index (χ0v) is 16.7. The number of likely N-dealkylation sites (N-methyl/N-ethyl adjacent to an activating group) is 1. The van der Waals surface area contributed by atoms with Gasteiger partial charge >= 0.3 is 0 Å². The first-order chi connectivity index (χ1) is 13.9. The van der Waals surface area contributed by atoms with Crippen molar-refractivity contribution in [1.29, 1.82) is 0 Å². The molecule has 2 aliphatic heterocycles. The van der Waals surface area contributed by atoms with Crippen molar-refractivity contribution in [2.45, 2.75) is 37.8 Å². The molecule has 154 valence electrons. The summed E-state index contributed by atoms with van der Waals surface area (Å²) in [5.41, 5.74) is 1.18. The second kappa shape index (κ2) is 7.59. The standard InChI is InChI=1S/C21H26FN5O2/c1-14-5-3-8-23-18(14)19(28)25-17-6-10-26(2)21(17)7-4-9-27(13-21)20(29)16-11-15(22)12-24-16/h3,5,8,11-12,17,24H,4,6-7,9-10,13H2,1-2H3,(H,25,28). The molecular weight excluding hydrogens is 373 g/mol. The van der Waals surface area contributed by atoms with Crippen LogP contribution < -0.4 is 5.32 Å². The van der Waals surface area contributed by atoms with E-state index in [1.54, 1.807) is 11.1 Å². The van der Waals surface area contributed by atoms with Crippen LogP contribution in [0.3, 0.4) is 0 Å². The van der Waals surface area contributed by atoms with Crippen molar-refractivity contribution in [1.82, 2.24) is 25.1 Å². The Morgan fingerprint density at radius 1 is 1.38 bits per heavy atom. The van der Waals surface area contributed by atoms with Gasteiger partial charge in [-0.1, -0.05) is 6.07 Å². The molecule has 2 fully saturated rings. The van der Waals surface area contributed by atoms with Crippen molar-refractivity contribution in [3.63, 3.8) is 0 Å². The highest BCUT2D eigenvalue weighted by molar-refractivity contribution is 5.94. The summed E-state index contributed by atoms with van der Waals surface area (Å²) >= 11 is 0. The number of aromatic nitrogens is 2. The maximum atomic E-state index is 13.3. The van der Waals surface area contributed by atoms with Crippen LogP contribution in [0.15, 0.2) is 30.6 Å².